The van der Waals surface area contributed by atoms with Crippen LogP contribution in [-0.2, 0) is 0 Å². The van der Waals surface area contributed by atoms with E-state index in [1.54, 1.807) is 0 Å². The SMILES string of the molecule is CN(C)c1cccc(-c2cccc3cc(C(=O)N[C@H]4CN5CCC4CC5)cn23)c1. The zero-order chi connectivity index (χ0) is 20.0. The minimum absolute atomic E-state index is 0.0421. The quantitative estimate of drug-likeness (QED) is 0.744. The Hall–Kier alpha value is -2.79. The Bertz CT molecular complexity index is 1050. The predicted octanol–water partition coefficient (Wildman–Crippen LogP) is 3.50. The third-order valence-electron chi connectivity index (χ3n) is 6.52. The summed E-state index contributed by atoms with van der Waals surface area (Å²) in [6.07, 6.45) is 4.38. The standard InChI is InChI=1S/C24H28N4O/c1-26(2)20-6-3-5-18(13-20)23-8-4-7-21-14-19(15-28(21)23)24(29)25-22-16-27-11-9-17(22)10-12-27/h3-8,13-15,17,22H,9-12,16H2,1-2H3,(H,25,29)/t22-/m0/s1. The lowest BCUT2D eigenvalue weighted by molar-refractivity contribution is 0.0620. The summed E-state index contributed by atoms with van der Waals surface area (Å²) in [6.45, 7) is 3.36. The second-order valence-electron chi connectivity index (χ2n) is 8.60. The van der Waals surface area contributed by atoms with Crippen molar-refractivity contribution in [3.8, 4) is 11.3 Å². The number of benzene rings is 1. The van der Waals surface area contributed by atoms with Gasteiger partial charge in [-0.15, -0.1) is 0 Å². The van der Waals surface area contributed by atoms with Gasteiger partial charge in [-0.2, -0.15) is 0 Å². The van der Waals surface area contributed by atoms with E-state index in [4.69, 9.17) is 0 Å². The molecular formula is C24H28N4O. The molecule has 6 rings (SSSR count). The van der Waals surface area contributed by atoms with Crippen LogP contribution in [0.5, 0.6) is 0 Å². The molecule has 3 aliphatic heterocycles. The van der Waals surface area contributed by atoms with Crippen LogP contribution >= 0.6 is 0 Å². The lowest BCUT2D eigenvalue weighted by Gasteiger charge is -2.44. The third-order valence-corrected chi connectivity index (χ3v) is 6.52. The number of hydrogen-bond acceptors (Lipinski definition) is 3. The molecule has 0 aliphatic carbocycles. The molecule has 1 aromatic carbocycles. The van der Waals surface area contributed by atoms with Gasteiger partial charge in [0.05, 0.1) is 11.3 Å². The number of amides is 1. The van der Waals surface area contributed by atoms with Crippen LogP contribution in [0.25, 0.3) is 16.8 Å². The average molecular weight is 389 g/mol. The van der Waals surface area contributed by atoms with Gasteiger partial charge in [0.2, 0.25) is 0 Å². The zero-order valence-electron chi connectivity index (χ0n) is 17.1. The minimum Gasteiger partial charge on any atom is -0.378 e. The van der Waals surface area contributed by atoms with Crippen LogP contribution in [0.15, 0.2) is 54.7 Å². The summed E-state index contributed by atoms with van der Waals surface area (Å²) < 4.78 is 2.13. The highest BCUT2D eigenvalue weighted by Gasteiger charge is 2.35. The Balaban J connectivity index is 1.44. The fourth-order valence-corrected chi connectivity index (χ4v) is 4.82. The summed E-state index contributed by atoms with van der Waals surface area (Å²) in [5.74, 6) is 0.672. The zero-order valence-corrected chi connectivity index (χ0v) is 17.1. The topological polar surface area (TPSA) is 40.0 Å². The molecule has 0 spiro atoms. The van der Waals surface area contributed by atoms with E-state index in [0.717, 1.165) is 34.6 Å². The minimum atomic E-state index is 0.0421. The molecule has 1 amide bonds. The highest BCUT2D eigenvalue weighted by Crippen LogP contribution is 2.29. The van der Waals surface area contributed by atoms with Crippen molar-refractivity contribution in [2.75, 3.05) is 38.6 Å². The number of pyridine rings is 1. The molecule has 5 heteroatoms. The van der Waals surface area contributed by atoms with E-state index in [9.17, 15) is 4.79 Å². The largest absolute Gasteiger partial charge is 0.378 e. The van der Waals surface area contributed by atoms with E-state index in [0.29, 0.717) is 5.92 Å². The molecule has 1 N–H and O–H groups in total. The maximum Gasteiger partial charge on any atom is 0.253 e. The van der Waals surface area contributed by atoms with Gasteiger partial charge in [-0.25, -0.2) is 0 Å². The highest BCUT2D eigenvalue weighted by molar-refractivity contribution is 5.96. The Morgan fingerprint density at radius 2 is 1.86 bits per heavy atom. The van der Waals surface area contributed by atoms with Crippen LogP contribution in [0.2, 0.25) is 0 Å². The number of carbonyl (C=O) groups is 1. The second kappa shape index (κ2) is 7.23. The van der Waals surface area contributed by atoms with Crippen LogP contribution in [-0.4, -0.2) is 55.0 Å². The van der Waals surface area contributed by atoms with Crippen LogP contribution in [0.1, 0.15) is 23.2 Å². The molecule has 0 radical (unpaired) electrons. The molecule has 5 heterocycles. The van der Waals surface area contributed by atoms with E-state index in [2.05, 4.69) is 62.0 Å². The first-order valence-electron chi connectivity index (χ1n) is 10.5. The van der Waals surface area contributed by atoms with Gasteiger partial charge in [0, 0.05) is 49.6 Å². The molecule has 3 saturated heterocycles. The van der Waals surface area contributed by atoms with E-state index in [-0.39, 0.29) is 11.9 Å². The van der Waals surface area contributed by atoms with Crippen molar-refractivity contribution in [3.05, 3.63) is 60.3 Å². The van der Waals surface area contributed by atoms with Gasteiger partial charge < -0.3 is 19.5 Å². The molecule has 0 unspecified atom stereocenters. The number of nitrogens with one attached hydrogen (secondary N) is 1. The number of nitrogens with zero attached hydrogens (tertiary/aromatic N) is 3. The van der Waals surface area contributed by atoms with Crippen molar-refractivity contribution in [3.63, 3.8) is 0 Å². The number of fused-ring (bicyclic) bond motifs is 4. The van der Waals surface area contributed by atoms with Crippen molar-refractivity contribution < 1.29 is 4.79 Å². The van der Waals surface area contributed by atoms with Gasteiger partial charge in [0.1, 0.15) is 0 Å². The predicted molar refractivity (Wildman–Crippen MR) is 118 cm³/mol. The lowest BCUT2D eigenvalue weighted by Crippen LogP contribution is -2.57. The van der Waals surface area contributed by atoms with Crippen LogP contribution < -0.4 is 10.2 Å². The van der Waals surface area contributed by atoms with E-state index >= 15 is 0 Å². The van der Waals surface area contributed by atoms with Crippen molar-refractivity contribution in [2.45, 2.75) is 18.9 Å². The van der Waals surface area contributed by atoms with E-state index < -0.39 is 0 Å². The Morgan fingerprint density at radius 1 is 1.07 bits per heavy atom. The van der Waals surface area contributed by atoms with Crippen molar-refractivity contribution >= 4 is 17.1 Å². The van der Waals surface area contributed by atoms with Crippen LogP contribution in [0.3, 0.4) is 0 Å². The van der Waals surface area contributed by atoms with Gasteiger partial charge in [-0.05, 0) is 62.2 Å². The van der Waals surface area contributed by atoms with Gasteiger partial charge in [-0.3, -0.25) is 4.79 Å². The van der Waals surface area contributed by atoms with Gasteiger partial charge in [0.15, 0.2) is 0 Å². The summed E-state index contributed by atoms with van der Waals surface area (Å²) in [6, 6.07) is 17.0. The lowest BCUT2D eigenvalue weighted by atomic mass is 9.84. The van der Waals surface area contributed by atoms with Crippen molar-refractivity contribution in [1.82, 2.24) is 14.6 Å². The van der Waals surface area contributed by atoms with Gasteiger partial charge in [-0.1, -0.05) is 18.2 Å². The molecular weight excluding hydrogens is 360 g/mol. The summed E-state index contributed by atoms with van der Waals surface area (Å²) in [7, 11) is 4.10. The third kappa shape index (κ3) is 3.40. The summed E-state index contributed by atoms with van der Waals surface area (Å²) in [5, 5.41) is 3.31. The molecule has 3 aliphatic rings. The molecule has 2 aromatic heterocycles. The van der Waals surface area contributed by atoms with Crippen molar-refractivity contribution in [1.29, 1.82) is 0 Å². The molecule has 29 heavy (non-hydrogen) atoms. The highest BCUT2D eigenvalue weighted by atomic mass is 16.1. The van der Waals surface area contributed by atoms with Gasteiger partial charge in [0.25, 0.3) is 5.91 Å². The molecule has 3 aromatic rings. The van der Waals surface area contributed by atoms with Crippen LogP contribution in [0.4, 0.5) is 5.69 Å². The molecule has 0 saturated carbocycles. The number of piperidine rings is 3. The van der Waals surface area contributed by atoms with Crippen molar-refractivity contribution in [2.24, 2.45) is 5.92 Å². The van der Waals surface area contributed by atoms with Crippen LogP contribution in [0, 0.1) is 5.92 Å². The normalized spacial score (nSPS) is 23.3. The summed E-state index contributed by atoms with van der Waals surface area (Å²) >= 11 is 0. The molecule has 150 valence electrons. The number of carbonyl (C=O) groups excluding carboxylic acids is 1. The Morgan fingerprint density at radius 3 is 2.59 bits per heavy atom. The first-order valence-corrected chi connectivity index (χ1v) is 10.5. The number of rotatable bonds is 4. The monoisotopic (exact) mass is 388 g/mol. The molecule has 1 atom stereocenters. The fraction of sp³-hybridized carbons (Fsp3) is 0.375. The Kier molecular flexibility index (Phi) is 4.55. The molecule has 3 fully saturated rings. The smallest absolute Gasteiger partial charge is 0.253 e. The fourth-order valence-electron chi connectivity index (χ4n) is 4.82. The second-order valence-corrected chi connectivity index (χ2v) is 8.60. The number of aromatic nitrogens is 1. The number of anilines is 1. The summed E-state index contributed by atoms with van der Waals surface area (Å²) in [4.78, 5) is 17.6. The first-order chi connectivity index (χ1) is 14.1. The first kappa shape index (κ1) is 18.3. The van der Waals surface area contributed by atoms with E-state index in [1.807, 2.05) is 26.4 Å². The van der Waals surface area contributed by atoms with E-state index in [1.165, 1.54) is 25.9 Å². The Labute approximate surface area is 171 Å². The van der Waals surface area contributed by atoms with Gasteiger partial charge >= 0.3 is 0 Å². The molecule has 2 bridgehead atoms. The molecule has 5 nitrogen and oxygen atoms in total. The maximum atomic E-state index is 13.0. The average Bonchev–Trinajstić information content (AvgIpc) is 3.19. The summed E-state index contributed by atoms with van der Waals surface area (Å²) in [5.41, 5.74) is 5.16. The number of hydrogen-bond donors (Lipinski definition) is 1. The maximum absolute atomic E-state index is 13.0.